The van der Waals surface area contributed by atoms with Crippen LogP contribution in [0.4, 0.5) is 0 Å². The molecular weight excluding hydrogens is 268 g/mol. The number of amides is 2. The fourth-order valence-electron chi connectivity index (χ4n) is 3.08. The van der Waals surface area contributed by atoms with Gasteiger partial charge in [-0.1, -0.05) is 0 Å². The summed E-state index contributed by atoms with van der Waals surface area (Å²) in [6, 6.07) is 0.306. The van der Waals surface area contributed by atoms with Crippen LogP contribution < -0.4 is 11.1 Å². The molecule has 2 heterocycles. The zero-order chi connectivity index (χ0) is 15.2. The van der Waals surface area contributed by atoms with Gasteiger partial charge in [-0.25, -0.2) is 0 Å². The molecule has 0 atom stereocenters. The van der Waals surface area contributed by atoms with E-state index in [-0.39, 0.29) is 11.8 Å². The monoisotopic (exact) mass is 296 g/mol. The van der Waals surface area contributed by atoms with Crippen LogP contribution >= 0.6 is 0 Å². The van der Waals surface area contributed by atoms with Gasteiger partial charge < -0.3 is 16.0 Å². The van der Waals surface area contributed by atoms with E-state index in [2.05, 4.69) is 10.2 Å². The lowest BCUT2D eigenvalue weighted by Gasteiger charge is -2.35. The first kappa shape index (κ1) is 16.2. The number of nitrogens with two attached hydrogens (primary N) is 1. The van der Waals surface area contributed by atoms with Gasteiger partial charge in [-0.05, 0) is 31.6 Å². The Labute approximate surface area is 127 Å². The maximum atomic E-state index is 12.3. The minimum atomic E-state index is 0.0248. The quantitative estimate of drug-likeness (QED) is 0.752. The number of hydrogen-bond donors (Lipinski definition) is 2. The number of carbonyl (C=O) groups is 2. The van der Waals surface area contributed by atoms with Gasteiger partial charge in [0.05, 0.1) is 6.54 Å². The molecule has 0 aromatic rings. The molecule has 0 radical (unpaired) electrons. The molecule has 21 heavy (non-hydrogen) atoms. The first-order valence-electron chi connectivity index (χ1n) is 8.04. The molecule has 0 aromatic carbocycles. The highest BCUT2D eigenvalue weighted by atomic mass is 16.2. The number of carbonyl (C=O) groups excluding carboxylic acids is 2. The number of likely N-dealkylation sites (tertiary alicyclic amines) is 2. The van der Waals surface area contributed by atoms with Crippen LogP contribution in [0.5, 0.6) is 0 Å². The Hall–Kier alpha value is -1.14. The van der Waals surface area contributed by atoms with Gasteiger partial charge in [0.2, 0.25) is 11.8 Å². The number of rotatable bonds is 4. The minimum Gasteiger partial charge on any atom is -0.356 e. The highest BCUT2D eigenvalue weighted by molar-refractivity contribution is 5.78. The summed E-state index contributed by atoms with van der Waals surface area (Å²) in [5.41, 5.74) is 5.88. The Morgan fingerprint density at radius 3 is 2.29 bits per heavy atom. The van der Waals surface area contributed by atoms with E-state index in [1.54, 1.807) is 6.92 Å². The average molecular weight is 296 g/mol. The molecule has 0 aliphatic carbocycles. The summed E-state index contributed by atoms with van der Waals surface area (Å²) in [5, 5.41) is 2.87. The third-order valence-electron chi connectivity index (χ3n) is 4.60. The molecule has 0 unspecified atom stereocenters. The summed E-state index contributed by atoms with van der Waals surface area (Å²) < 4.78 is 0. The Morgan fingerprint density at radius 1 is 1.10 bits per heavy atom. The molecule has 0 saturated carbocycles. The van der Waals surface area contributed by atoms with Crippen LogP contribution in [0.1, 0.15) is 32.6 Å². The Kier molecular flexibility index (Phi) is 5.99. The van der Waals surface area contributed by atoms with Gasteiger partial charge in [0, 0.05) is 45.7 Å². The first-order valence-corrected chi connectivity index (χ1v) is 8.04. The lowest BCUT2D eigenvalue weighted by Crippen LogP contribution is -2.48. The van der Waals surface area contributed by atoms with Crippen molar-refractivity contribution in [2.45, 2.75) is 38.6 Å². The molecule has 2 aliphatic rings. The predicted molar refractivity (Wildman–Crippen MR) is 81.6 cm³/mol. The molecule has 120 valence electrons. The van der Waals surface area contributed by atoms with Gasteiger partial charge >= 0.3 is 0 Å². The average Bonchev–Trinajstić information content (AvgIpc) is 2.48. The highest BCUT2D eigenvalue weighted by Gasteiger charge is 2.25. The van der Waals surface area contributed by atoms with E-state index in [9.17, 15) is 9.59 Å². The maximum Gasteiger partial charge on any atom is 0.236 e. The summed E-state index contributed by atoms with van der Waals surface area (Å²) in [6.45, 7) is 6.32. The third-order valence-corrected chi connectivity index (χ3v) is 4.60. The van der Waals surface area contributed by atoms with Crippen LogP contribution in [0.15, 0.2) is 0 Å². The molecule has 6 heteroatoms. The standard InChI is InChI=1S/C15H28N4O2/c1-12(20)17-10-13-2-8-19(9-3-13)15(21)11-18-6-4-14(16)5-7-18/h13-14H,2-11,16H2,1H3,(H,17,20). The summed E-state index contributed by atoms with van der Waals surface area (Å²) in [6.07, 6.45) is 3.95. The van der Waals surface area contributed by atoms with Gasteiger partial charge in [-0.15, -0.1) is 0 Å². The predicted octanol–water partition coefficient (Wildman–Crippen LogP) is -0.216. The van der Waals surface area contributed by atoms with E-state index >= 15 is 0 Å². The number of nitrogens with one attached hydrogen (secondary N) is 1. The summed E-state index contributed by atoms with van der Waals surface area (Å²) in [4.78, 5) is 27.4. The lowest BCUT2D eigenvalue weighted by molar-refractivity contribution is -0.134. The van der Waals surface area contributed by atoms with Crippen molar-refractivity contribution in [1.29, 1.82) is 0 Å². The summed E-state index contributed by atoms with van der Waals surface area (Å²) in [7, 11) is 0. The summed E-state index contributed by atoms with van der Waals surface area (Å²) >= 11 is 0. The maximum absolute atomic E-state index is 12.3. The molecule has 3 N–H and O–H groups in total. The van der Waals surface area contributed by atoms with Gasteiger partial charge in [0.1, 0.15) is 0 Å². The number of hydrogen-bond acceptors (Lipinski definition) is 4. The molecule has 0 aromatic heterocycles. The third kappa shape index (κ3) is 5.28. The SMILES string of the molecule is CC(=O)NCC1CCN(C(=O)CN2CCC(N)CC2)CC1. The van der Waals surface area contributed by atoms with Crippen molar-refractivity contribution >= 4 is 11.8 Å². The molecule has 0 bridgehead atoms. The van der Waals surface area contributed by atoms with Crippen LogP contribution in [0, 0.1) is 5.92 Å². The zero-order valence-electron chi connectivity index (χ0n) is 13.0. The second-order valence-electron chi connectivity index (χ2n) is 6.37. The topological polar surface area (TPSA) is 78.7 Å². The fraction of sp³-hybridized carbons (Fsp3) is 0.867. The van der Waals surface area contributed by atoms with E-state index < -0.39 is 0 Å². The van der Waals surface area contributed by atoms with Crippen molar-refractivity contribution in [3.05, 3.63) is 0 Å². The van der Waals surface area contributed by atoms with Crippen molar-refractivity contribution in [3.8, 4) is 0 Å². The van der Waals surface area contributed by atoms with Crippen molar-refractivity contribution < 1.29 is 9.59 Å². The molecule has 2 saturated heterocycles. The van der Waals surface area contributed by atoms with Crippen molar-refractivity contribution in [2.75, 3.05) is 39.3 Å². The van der Waals surface area contributed by atoms with E-state index in [4.69, 9.17) is 5.73 Å². The molecule has 2 fully saturated rings. The first-order chi connectivity index (χ1) is 10.0. The van der Waals surface area contributed by atoms with Gasteiger partial charge in [-0.3, -0.25) is 14.5 Å². The second-order valence-corrected chi connectivity index (χ2v) is 6.37. The smallest absolute Gasteiger partial charge is 0.236 e. The van der Waals surface area contributed by atoms with Crippen molar-refractivity contribution in [2.24, 2.45) is 11.7 Å². The minimum absolute atomic E-state index is 0.0248. The molecule has 2 amide bonds. The normalized spacial score (nSPS) is 22.3. The second kappa shape index (κ2) is 7.75. The van der Waals surface area contributed by atoms with E-state index in [0.29, 0.717) is 18.5 Å². The molecule has 2 rings (SSSR count). The number of piperidine rings is 2. The lowest BCUT2D eigenvalue weighted by atomic mass is 9.96. The van der Waals surface area contributed by atoms with Crippen LogP contribution in [-0.2, 0) is 9.59 Å². The molecule has 0 spiro atoms. The Balaban J connectivity index is 1.67. The highest BCUT2D eigenvalue weighted by Crippen LogP contribution is 2.17. The van der Waals surface area contributed by atoms with Crippen molar-refractivity contribution in [3.63, 3.8) is 0 Å². The van der Waals surface area contributed by atoms with Crippen LogP contribution in [0.25, 0.3) is 0 Å². The van der Waals surface area contributed by atoms with E-state index in [1.807, 2.05) is 4.90 Å². The van der Waals surface area contributed by atoms with E-state index in [1.165, 1.54) is 0 Å². The Bertz CT molecular complexity index is 359. The molecule has 6 nitrogen and oxygen atoms in total. The van der Waals surface area contributed by atoms with Crippen LogP contribution in [0.2, 0.25) is 0 Å². The van der Waals surface area contributed by atoms with Crippen LogP contribution in [0.3, 0.4) is 0 Å². The van der Waals surface area contributed by atoms with E-state index in [0.717, 1.165) is 58.4 Å². The van der Waals surface area contributed by atoms with Crippen molar-refractivity contribution in [1.82, 2.24) is 15.1 Å². The molecular formula is C15H28N4O2. The Morgan fingerprint density at radius 2 is 1.71 bits per heavy atom. The summed E-state index contributed by atoms with van der Waals surface area (Å²) in [5.74, 6) is 0.770. The van der Waals surface area contributed by atoms with Gasteiger partial charge in [-0.2, -0.15) is 0 Å². The van der Waals surface area contributed by atoms with Gasteiger partial charge in [0.25, 0.3) is 0 Å². The van der Waals surface area contributed by atoms with Crippen LogP contribution in [-0.4, -0.2) is 66.9 Å². The molecule has 2 aliphatic heterocycles. The van der Waals surface area contributed by atoms with Gasteiger partial charge in [0.15, 0.2) is 0 Å². The number of nitrogens with zero attached hydrogens (tertiary/aromatic N) is 2. The zero-order valence-corrected chi connectivity index (χ0v) is 13.0. The fourth-order valence-corrected chi connectivity index (χ4v) is 3.08. The largest absolute Gasteiger partial charge is 0.356 e.